The summed E-state index contributed by atoms with van der Waals surface area (Å²) in [6.07, 6.45) is 12.8. The molecule has 0 bridgehead atoms. The van der Waals surface area contributed by atoms with Gasteiger partial charge in [-0.15, -0.1) is 0 Å². The highest BCUT2D eigenvalue weighted by Crippen LogP contribution is 2.36. The highest BCUT2D eigenvalue weighted by Gasteiger charge is 2.52. The molecule has 34 heavy (non-hydrogen) atoms. The zero-order valence-corrected chi connectivity index (χ0v) is 21.3. The van der Waals surface area contributed by atoms with E-state index in [1.807, 2.05) is 15.3 Å². The second-order valence-corrected chi connectivity index (χ2v) is 11.2. The third kappa shape index (κ3) is 4.18. The van der Waals surface area contributed by atoms with Crippen LogP contribution < -0.4 is 11.2 Å². The zero-order chi connectivity index (χ0) is 24.1. The van der Waals surface area contributed by atoms with Crippen LogP contribution in [-0.2, 0) is 20.6 Å². The molecule has 0 N–H and O–H groups in total. The SMILES string of the molecule is COC1CCC(Cn2c(=O)n(C3=CCCCC3)c3ncc(B4OC(C)(C)C(C)(C)O4)cc32)CC1. The van der Waals surface area contributed by atoms with Crippen molar-refractivity contribution in [2.24, 2.45) is 5.92 Å². The molecule has 0 radical (unpaired) electrons. The fourth-order valence-corrected chi connectivity index (χ4v) is 5.52. The van der Waals surface area contributed by atoms with E-state index < -0.39 is 18.3 Å². The minimum Gasteiger partial charge on any atom is -0.399 e. The first-order chi connectivity index (χ1) is 16.2. The maximum atomic E-state index is 13.8. The smallest absolute Gasteiger partial charge is 0.399 e. The lowest BCUT2D eigenvalue weighted by Gasteiger charge is -2.32. The Bertz CT molecular complexity index is 1120. The summed E-state index contributed by atoms with van der Waals surface area (Å²) >= 11 is 0. The number of ether oxygens (including phenoxy) is 1. The van der Waals surface area contributed by atoms with Crippen LogP contribution in [0, 0.1) is 5.92 Å². The molecule has 0 aromatic carbocycles. The summed E-state index contributed by atoms with van der Waals surface area (Å²) in [4.78, 5) is 18.6. The molecule has 0 atom stereocenters. The highest BCUT2D eigenvalue weighted by atomic mass is 16.7. The van der Waals surface area contributed by atoms with Gasteiger partial charge in [-0.3, -0.25) is 4.57 Å². The van der Waals surface area contributed by atoms with E-state index >= 15 is 0 Å². The van der Waals surface area contributed by atoms with E-state index in [9.17, 15) is 4.79 Å². The first-order valence-electron chi connectivity index (χ1n) is 12.9. The third-order valence-electron chi connectivity index (χ3n) is 8.44. The van der Waals surface area contributed by atoms with E-state index in [0.29, 0.717) is 18.6 Å². The average Bonchev–Trinajstić information content (AvgIpc) is 3.22. The van der Waals surface area contributed by atoms with E-state index in [1.54, 1.807) is 7.11 Å². The molecule has 184 valence electrons. The van der Waals surface area contributed by atoms with Gasteiger partial charge in [0.2, 0.25) is 0 Å². The lowest BCUT2D eigenvalue weighted by atomic mass is 9.80. The van der Waals surface area contributed by atoms with E-state index in [1.165, 1.54) is 6.42 Å². The van der Waals surface area contributed by atoms with Crippen LogP contribution in [0.25, 0.3) is 16.9 Å². The number of hydrogen-bond acceptors (Lipinski definition) is 5. The number of methoxy groups -OCH3 is 1. The minimum absolute atomic E-state index is 0.0237. The number of allylic oxidation sites excluding steroid dienone is 2. The Morgan fingerprint density at radius 2 is 1.82 bits per heavy atom. The Hall–Kier alpha value is -1.90. The maximum absolute atomic E-state index is 13.8. The molecule has 2 aromatic heterocycles. The predicted molar refractivity (Wildman–Crippen MR) is 135 cm³/mol. The molecule has 2 aliphatic carbocycles. The Kier molecular flexibility index (Phi) is 6.28. The van der Waals surface area contributed by atoms with Gasteiger partial charge >= 0.3 is 12.8 Å². The summed E-state index contributed by atoms with van der Waals surface area (Å²) in [7, 11) is 1.30. The topological polar surface area (TPSA) is 67.5 Å². The molecular weight excluding hydrogens is 429 g/mol. The molecule has 3 aliphatic rings. The quantitative estimate of drug-likeness (QED) is 0.619. The number of nitrogens with zero attached hydrogens (tertiary/aromatic N) is 3. The van der Waals surface area contributed by atoms with Crippen LogP contribution >= 0.6 is 0 Å². The van der Waals surface area contributed by atoms with Gasteiger partial charge in [0.05, 0.1) is 22.8 Å². The standard InChI is InChI=1S/C26H38BN3O4/c1-25(2)26(3,4)34-27(33-25)19-15-22-23(28-16-19)30(20-9-7-6-8-10-20)24(31)29(22)17-18-11-13-21(32-5)14-12-18/h9,15-16,18,21H,6-8,10-14,17H2,1-5H3. The summed E-state index contributed by atoms with van der Waals surface area (Å²) in [5.74, 6) is 0.462. The lowest BCUT2D eigenvalue weighted by Crippen LogP contribution is -2.41. The summed E-state index contributed by atoms with van der Waals surface area (Å²) in [6, 6.07) is 2.06. The summed E-state index contributed by atoms with van der Waals surface area (Å²) in [6.45, 7) is 8.92. The van der Waals surface area contributed by atoms with E-state index in [2.05, 4.69) is 39.8 Å². The van der Waals surface area contributed by atoms with Crippen LogP contribution in [0.4, 0.5) is 0 Å². The van der Waals surface area contributed by atoms with Gasteiger partial charge in [0.1, 0.15) is 0 Å². The largest absolute Gasteiger partial charge is 0.496 e. The molecule has 0 spiro atoms. The van der Waals surface area contributed by atoms with Gasteiger partial charge < -0.3 is 14.0 Å². The van der Waals surface area contributed by atoms with Crippen molar-refractivity contribution in [2.75, 3.05) is 7.11 Å². The molecular formula is C26H38BN3O4. The van der Waals surface area contributed by atoms with Crippen LogP contribution in [0.2, 0.25) is 0 Å². The number of hydrogen-bond donors (Lipinski definition) is 0. The first kappa shape index (κ1) is 23.8. The van der Waals surface area contributed by atoms with Gasteiger partial charge in [-0.2, -0.15) is 0 Å². The molecule has 0 amide bonds. The lowest BCUT2D eigenvalue weighted by molar-refractivity contribution is 0.00578. The van der Waals surface area contributed by atoms with E-state index in [4.69, 9.17) is 19.0 Å². The molecule has 1 saturated heterocycles. The van der Waals surface area contributed by atoms with Crippen molar-refractivity contribution in [3.63, 3.8) is 0 Å². The second-order valence-electron chi connectivity index (χ2n) is 11.2. The van der Waals surface area contributed by atoms with Crippen molar-refractivity contribution in [1.29, 1.82) is 0 Å². The van der Waals surface area contributed by atoms with Gasteiger partial charge in [0, 0.05) is 31.0 Å². The number of pyridine rings is 1. The summed E-state index contributed by atoms with van der Waals surface area (Å²) in [5, 5.41) is 0. The van der Waals surface area contributed by atoms with E-state index in [0.717, 1.165) is 67.3 Å². The van der Waals surface area contributed by atoms with Crippen molar-refractivity contribution in [1.82, 2.24) is 14.1 Å². The van der Waals surface area contributed by atoms with Crippen molar-refractivity contribution in [3.05, 3.63) is 28.8 Å². The highest BCUT2D eigenvalue weighted by molar-refractivity contribution is 6.62. The van der Waals surface area contributed by atoms with Gasteiger partial charge in [-0.1, -0.05) is 6.08 Å². The Labute approximate surface area is 202 Å². The average molecular weight is 467 g/mol. The number of fused-ring (bicyclic) bond motifs is 1. The molecule has 7 nitrogen and oxygen atoms in total. The summed E-state index contributed by atoms with van der Waals surface area (Å²) < 4.78 is 21.9. The van der Waals surface area contributed by atoms with Gasteiger partial charge in [0.15, 0.2) is 5.65 Å². The zero-order valence-electron chi connectivity index (χ0n) is 21.3. The molecule has 2 aromatic rings. The number of aromatic nitrogens is 3. The first-order valence-corrected chi connectivity index (χ1v) is 12.9. The van der Waals surface area contributed by atoms with E-state index in [-0.39, 0.29) is 5.69 Å². The van der Waals surface area contributed by atoms with Crippen molar-refractivity contribution >= 4 is 29.4 Å². The maximum Gasteiger partial charge on any atom is 0.496 e. The van der Waals surface area contributed by atoms with Crippen molar-refractivity contribution in [3.8, 4) is 0 Å². The Morgan fingerprint density at radius 1 is 1.12 bits per heavy atom. The summed E-state index contributed by atoms with van der Waals surface area (Å²) in [5.41, 5.74) is 2.73. The Balaban J connectivity index is 1.55. The third-order valence-corrected chi connectivity index (χ3v) is 8.44. The van der Waals surface area contributed by atoms with Crippen LogP contribution in [-0.4, -0.2) is 45.7 Å². The molecule has 2 fully saturated rings. The molecule has 1 saturated carbocycles. The molecule has 8 heteroatoms. The molecule has 0 unspecified atom stereocenters. The van der Waals surface area contributed by atoms with Crippen molar-refractivity contribution in [2.45, 2.75) is 103 Å². The molecule has 3 heterocycles. The van der Waals surface area contributed by atoms with Crippen molar-refractivity contribution < 1.29 is 14.0 Å². The van der Waals surface area contributed by atoms with Crippen LogP contribution in [0.3, 0.4) is 0 Å². The molecule has 1 aliphatic heterocycles. The van der Waals surface area contributed by atoms with Crippen LogP contribution in [0.5, 0.6) is 0 Å². The van der Waals surface area contributed by atoms with Gasteiger partial charge in [0.25, 0.3) is 0 Å². The van der Waals surface area contributed by atoms with Gasteiger partial charge in [-0.25, -0.2) is 14.3 Å². The van der Waals surface area contributed by atoms with Crippen LogP contribution in [0.15, 0.2) is 23.1 Å². The number of imidazole rings is 1. The van der Waals surface area contributed by atoms with Crippen LogP contribution in [0.1, 0.15) is 79.1 Å². The Morgan fingerprint density at radius 3 is 2.44 bits per heavy atom. The monoisotopic (exact) mass is 467 g/mol. The normalized spacial score (nSPS) is 26.7. The fraction of sp³-hybridized carbons (Fsp3) is 0.692. The number of rotatable bonds is 5. The minimum atomic E-state index is -0.500. The second kappa shape index (κ2) is 8.96. The molecule has 5 rings (SSSR count). The predicted octanol–water partition coefficient (Wildman–Crippen LogP) is 4.12. The van der Waals surface area contributed by atoms with Gasteiger partial charge in [-0.05, 0) is 91.0 Å². The fourth-order valence-electron chi connectivity index (χ4n) is 5.52.